The van der Waals surface area contributed by atoms with Crippen LogP contribution in [0.2, 0.25) is 5.02 Å². The maximum Gasteiger partial charge on any atom is 0.0919 e. The molecule has 12 heavy (non-hydrogen) atoms. The van der Waals surface area contributed by atoms with Gasteiger partial charge in [0.2, 0.25) is 0 Å². The van der Waals surface area contributed by atoms with Gasteiger partial charge < -0.3 is 5.43 Å². The van der Waals surface area contributed by atoms with E-state index in [1.807, 2.05) is 25.2 Å². The highest BCUT2D eigenvalue weighted by molar-refractivity contribution is 6.31. The van der Waals surface area contributed by atoms with Gasteiger partial charge in [-0.1, -0.05) is 11.6 Å². The molecule has 0 spiro atoms. The minimum absolute atomic E-state index is 0.734. The van der Waals surface area contributed by atoms with Crippen molar-refractivity contribution < 1.29 is 0 Å². The fourth-order valence-electron chi connectivity index (χ4n) is 1.18. The lowest BCUT2D eigenvalue weighted by molar-refractivity contribution is 0.810. The van der Waals surface area contributed by atoms with E-state index in [9.17, 15) is 0 Å². The van der Waals surface area contributed by atoms with Crippen LogP contribution in [0, 0.1) is 0 Å². The number of nitrogens with zero attached hydrogens (tertiary/aromatic N) is 2. The van der Waals surface area contributed by atoms with Crippen LogP contribution in [-0.4, -0.2) is 16.9 Å². The van der Waals surface area contributed by atoms with E-state index in [0.29, 0.717) is 0 Å². The number of halogens is 1. The molecule has 0 bridgehead atoms. The molecule has 2 aromatic rings. The Morgan fingerprint density at radius 3 is 3.08 bits per heavy atom. The van der Waals surface area contributed by atoms with E-state index in [1.54, 1.807) is 11.0 Å². The quantitative estimate of drug-likeness (QED) is 0.728. The summed E-state index contributed by atoms with van der Waals surface area (Å²) in [7, 11) is 1.82. The average Bonchev–Trinajstić information content (AvgIpc) is 2.46. The Morgan fingerprint density at radius 2 is 2.33 bits per heavy atom. The van der Waals surface area contributed by atoms with Gasteiger partial charge in [-0.15, -0.1) is 0 Å². The number of hydrogen-bond donors (Lipinski definition) is 1. The molecule has 0 aliphatic heterocycles. The number of nitrogens with one attached hydrogen (secondary N) is 1. The second-order valence-electron chi connectivity index (χ2n) is 2.48. The summed E-state index contributed by atoms with van der Waals surface area (Å²) in [6.45, 7) is 0. The van der Waals surface area contributed by atoms with Crippen LogP contribution < -0.4 is 5.43 Å². The van der Waals surface area contributed by atoms with Gasteiger partial charge in [0.15, 0.2) is 0 Å². The van der Waals surface area contributed by atoms with E-state index >= 15 is 0 Å². The molecular weight excluding hydrogens is 174 g/mol. The molecule has 2 rings (SSSR count). The Hall–Kier alpha value is -1.22. The third-order valence-electron chi connectivity index (χ3n) is 1.74. The van der Waals surface area contributed by atoms with E-state index in [1.165, 1.54) is 0 Å². The summed E-state index contributed by atoms with van der Waals surface area (Å²) in [5.74, 6) is 0. The lowest BCUT2D eigenvalue weighted by atomic mass is 10.3. The van der Waals surface area contributed by atoms with Crippen molar-refractivity contribution in [2.24, 2.45) is 0 Å². The zero-order valence-electron chi connectivity index (χ0n) is 6.58. The van der Waals surface area contributed by atoms with Crippen molar-refractivity contribution in [1.82, 2.24) is 9.89 Å². The van der Waals surface area contributed by atoms with Crippen molar-refractivity contribution in [3.05, 3.63) is 29.4 Å². The minimum Gasteiger partial charge on any atom is -0.313 e. The maximum atomic E-state index is 5.81. The molecule has 0 saturated heterocycles. The molecule has 0 radical (unpaired) electrons. The highest BCUT2D eigenvalue weighted by atomic mass is 35.5. The van der Waals surface area contributed by atoms with Gasteiger partial charge in [-0.3, -0.25) is 0 Å². The van der Waals surface area contributed by atoms with Gasteiger partial charge in [0.25, 0.3) is 0 Å². The minimum atomic E-state index is 0.734. The molecule has 0 aliphatic carbocycles. The average molecular weight is 182 g/mol. The van der Waals surface area contributed by atoms with Crippen LogP contribution in [0.3, 0.4) is 0 Å². The van der Waals surface area contributed by atoms with Gasteiger partial charge in [-0.25, -0.2) is 0 Å². The molecule has 1 aromatic carbocycles. The molecule has 0 amide bonds. The van der Waals surface area contributed by atoms with Crippen LogP contribution >= 0.6 is 11.6 Å². The molecule has 4 heteroatoms. The summed E-state index contributed by atoms with van der Waals surface area (Å²) in [4.78, 5) is 1.70. The third-order valence-corrected chi connectivity index (χ3v) is 1.98. The molecular formula is C8H8ClN3. The van der Waals surface area contributed by atoms with Crippen LogP contribution in [0.25, 0.3) is 10.9 Å². The topological polar surface area (TPSA) is 29.9 Å². The standard InChI is InChI=1S/C8H8ClN3/c1-10-12-8-3-2-7(9)4-6(8)5-11-12/h2-5,10H,1H3. The van der Waals surface area contributed by atoms with Crippen LogP contribution in [0.4, 0.5) is 0 Å². The van der Waals surface area contributed by atoms with Gasteiger partial charge >= 0.3 is 0 Å². The van der Waals surface area contributed by atoms with E-state index in [2.05, 4.69) is 10.5 Å². The molecule has 1 aromatic heterocycles. The summed E-state index contributed by atoms with van der Waals surface area (Å²) >= 11 is 5.81. The first-order valence-electron chi connectivity index (χ1n) is 3.62. The molecule has 1 heterocycles. The third kappa shape index (κ3) is 1.02. The number of fused-ring (bicyclic) bond motifs is 1. The van der Waals surface area contributed by atoms with E-state index in [0.717, 1.165) is 15.9 Å². The van der Waals surface area contributed by atoms with Gasteiger partial charge in [0, 0.05) is 17.5 Å². The smallest absolute Gasteiger partial charge is 0.0919 e. The Bertz CT molecular complexity index is 408. The van der Waals surface area contributed by atoms with Crippen molar-refractivity contribution in [1.29, 1.82) is 0 Å². The predicted octanol–water partition coefficient (Wildman–Crippen LogP) is 1.86. The van der Waals surface area contributed by atoms with Crippen molar-refractivity contribution in [3.63, 3.8) is 0 Å². The first-order valence-corrected chi connectivity index (χ1v) is 4.00. The van der Waals surface area contributed by atoms with Crippen molar-refractivity contribution >= 4 is 22.5 Å². The molecule has 0 unspecified atom stereocenters. The largest absolute Gasteiger partial charge is 0.313 e. The molecule has 0 atom stereocenters. The van der Waals surface area contributed by atoms with Gasteiger partial charge in [0.1, 0.15) is 0 Å². The van der Waals surface area contributed by atoms with Crippen LogP contribution in [0.1, 0.15) is 0 Å². The zero-order chi connectivity index (χ0) is 8.55. The molecule has 3 nitrogen and oxygen atoms in total. The molecule has 62 valence electrons. The Balaban J connectivity index is 2.73. The number of hydrogen-bond acceptors (Lipinski definition) is 2. The van der Waals surface area contributed by atoms with E-state index in [4.69, 9.17) is 11.6 Å². The Labute approximate surface area is 74.9 Å². The van der Waals surface area contributed by atoms with E-state index in [-0.39, 0.29) is 0 Å². The molecule has 1 N–H and O–H groups in total. The normalized spacial score (nSPS) is 10.5. The highest BCUT2D eigenvalue weighted by Gasteiger charge is 1.99. The van der Waals surface area contributed by atoms with Gasteiger partial charge in [-0.05, 0) is 18.2 Å². The van der Waals surface area contributed by atoms with Crippen LogP contribution in [-0.2, 0) is 0 Å². The summed E-state index contributed by atoms with van der Waals surface area (Å²) in [6, 6.07) is 5.66. The van der Waals surface area contributed by atoms with Crippen LogP contribution in [0.5, 0.6) is 0 Å². The SMILES string of the molecule is CNn1ncc2cc(Cl)ccc21. The van der Waals surface area contributed by atoms with Crippen LogP contribution in [0.15, 0.2) is 24.4 Å². The molecule has 0 saturated carbocycles. The van der Waals surface area contributed by atoms with Gasteiger partial charge in [-0.2, -0.15) is 9.89 Å². The fourth-order valence-corrected chi connectivity index (χ4v) is 1.36. The summed E-state index contributed by atoms with van der Waals surface area (Å²) in [5.41, 5.74) is 3.96. The lowest BCUT2D eigenvalue weighted by Gasteiger charge is -1.99. The predicted molar refractivity (Wildman–Crippen MR) is 50.0 cm³/mol. The van der Waals surface area contributed by atoms with Gasteiger partial charge in [0.05, 0.1) is 11.7 Å². The highest BCUT2D eigenvalue weighted by Crippen LogP contribution is 2.17. The zero-order valence-corrected chi connectivity index (χ0v) is 7.34. The number of benzene rings is 1. The first-order chi connectivity index (χ1) is 5.81. The van der Waals surface area contributed by atoms with E-state index < -0.39 is 0 Å². The Kier molecular flexibility index (Phi) is 1.66. The van der Waals surface area contributed by atoms with Crippen molar-refractivity contribution in [2.45, 2.75) is 0 Å². The maximum absolute atomic E-state index is 5.81. The van der Waals surface area contributed by atoms with Crippen molar-refractivity contribution in [3.8, 4) is 0 Å². The molecule has 0 fully saturated rings. The van der Waals surface area contributed by atoms with Crippen molar-refractivity contribution in [2.75, 3.05) is 12.5 Å². The lowest BCUT2D eigenvalue weighted by Crippen LogP contribution is -2.09. The second-order valence-corrected chi connectivity index (χ2v) is 2.92. The second kappa shape index (κ2) is 2.68. The first kappa shape index (κ1) is 7.43. The monoisotopic (exact) mass is 181 g/mol. The summed E-state index contributed by atoms with van der Waals surface area (Å²) in [5, 5.41) is 5.87. The summed E-state index contributed by atoms with van der Waals surface area (Å²) < 4.78 is 0. The number of rotatable bonds is 1. The Morgan fingerprint density at radius 1 is 1.50 bits per heavy atom. The fraction of sp³-hybridized carbons (Fsp3) is 0.125. The number of aromatic nitrogens is 2. The molecule has 0 aliphatic rings. The summed E-state index contributed by atoms with van der Waals surface area (Å²) in [6.07, 6.45) is 1.78.